The molecule has 0 spiro atoms. The molecule has 2 aromatic rings. The number of nitrogens with one attached hydrogen (secondary N) is 2. The lowest BCUT2D eigenvalue weighted by atomic mass is 9.96. The van der Waals surface area contributed by atoms with Gasteiger partial charge >= 0.3 is 5.97 Å². The molecule has 4 rings (SSSR count). The van der Waals surface area contributed by atoms with Crippen molar-refractivity contribution in [2.75, 3.05) is 32.7 Å². The van der Waals surface area contributed by atoms with Crippen LogP contribution in [-0.4, -0.2) is 74.6 Å². The number of amidine groups is 1. The zero-order valence-electron chi connectivity index (χ0n) is 22.5. The van der Waals surface area contributed by atoms with Crippen LogP contribution in [-0.2, 0) is 22.6 Å². The average molecular weight is 570 g/mol. The lowest BCUT2D eigenvalue weighted by Crippen LogP contribution is -2.47. The number of carbonyl (C=O) groups excluding carboxylic acids is 1. The molecule has 208 valence electrons. The molecule has 10 heteroatoms. The minimum Gasteiger partial charge on any atom is -0.481 e. The van der Waals surface area contributed by atoms with E-state index in [0.29, 0.717) is 62.9 Å². The largest absolute Gasteiger partial charge is 0.481 e. The van der Waals surface area contributed by atoms with E-state index in [1.165, 1.54) is 0 Å². The molecule has 1 amide bonds. The molecule has 0 unspecified atom stereocenters. The Hall–Kier alpha value is -3.19. The van der Waals surface area contributed by atoms with Crippen molar-refractivity contribution in [3.63, 3.8) is 0 Å². The van der Waals surface area contributed by atoms with E-state index in [2.05, 4.69) is 27.9 Å². The fourth-order valence-electron chi connectivity index (χ4n) is 4.49. The van der Waals surface area contributed by atoms with Crippen molar-refractivity contribution in [1.29, 1.82) is 5.41 Å². The van der Waals surface area contributed by atoms with Crippen molar-refractivity contribution >= 4 is 41.3 Å². The molecule has 1 aromatic carbocycles. The highest BCUT2D eigenvalue weighted by molar-refractivity contribution is 7.97. The summed E-state index contributed by atoms with van der Waals surface area (Å²) >= 11 is 6.64. The Bertz CT molecular complexity index is 1220. The van der Waals surface area contributed by atoms with Gasteiger partial charge in [0.2, 0.25) is 5.91 Å². The summed E-state index contributed by atoms with van der Waals surface area (Å²) in [6.45, 7) is 10.6. The molecule has 1 aromatic heterocycles. The van der Waals surface area contributed by atoms with Crippen LogP contribution in [0.15, 0.2) is 47.0 Å². The molecule has 0 aliphatic carbocycles. The normalized spacial score (nSPS) is 16.3. The fraction of sp³-hybridized carbons (Fsp3) is 0.414. The van der Waals surface area contributed by atoms with Gasteiger partial charge in [0, 0.05) is 55.4 Å². The number of benzene rings is 1. The fourth-order valence-corrected chi connectivity index (χ4v) is 5.52. The standard InChI is InChI=1S/C26H31N5O3S.C3H5Cl/c1-3-4-22-18(2)15-23(28-22)35-31-14-13-30(24(32)17-31)16-19-5-7-20(8-6-19)25(27)29-11-9-21(10-12-29)26(33)34;1-3(2)4/h1,5-8,15,21,27-28H,4,9-14,16-17H2,2H3,(H,33,34);1H2,2H3. The molecular weight excluding hydrogens is 534 g/mol. The van der Waals surface area contributed by atoms with Gasteiger partial charge in [-0.2, -0.15) is 0 Å². The molecule has 0 bridgehead atoms. The lowest BCUT2D eigenvalue weighted by Gasteiger charge is -2.33. The van der Waals surface area contributed by atoms with Crippen molar-refractivity contribution < 1.29 is 14.7 Å². The van der Waals surface area contributed by atoms with E-state index in [-0.39, 0.29) is 11.8 Å². The predicted molar refractivity (Wildman–Crippen MR) is 157 cm³/mol. The Balaban J connectivity index is 0.000000983. The van der Waals surface area contributed by atoms with Crippen LogP contribution in [0.4, 0.5) is 0 Å². The first-order chi connectivity index (χ1) is 18.6. The van der Waals surface area contributed by atoms with Gasteiger partial charge in [0.1, 0.15) is 5.84 Å². The van der Waals surface area contributed by atoms with E-state index in [9.17, 15) is 9.59 Å². The first-order valence-corrected chi connectivity index (χ1v) is 14.0. The van der Waals surface area contributed by atoms with E-state index >= 15 is 0 Å². The second-order valence-electron chi connectivity index (χ2n) is 9.77. The third kappa shape index (κ3) is 8.92. The number of likely N-dealkylation sites (tertiary alicyclic amines) is 1. The number of carboxylic acid groups (broad SMARTS) is 1. The number of halogens is 1. The molecule has 2 aliphatic heterocycles. The van der Waals surface area contributed by atoms with Gasteiger partial charge in [-0.3, -0.25) is 15.0 Å². The summed E-state index contributed by atoms with van der Waals surface area (Å²) in [5.41, 5.74) is 4.01. The van der Waals surface area contributed by atoms with Crippen LogP contribution < -0.4 is 0 Å². The summed E-state index contributed by atoms with van der Waals surface area (Å²) in [6, 6.07) is 9.84. The highest BCUT2D eigenvalue weighted by Crippen LogP contribution is 2.26. The number of carbonyl (C=O) groups is 2. The molecule has 3 heterocycles. The zero-order valence-corrected chi connectivity index (χ0v) is 24.1. The van der Waals surface area contributed by atoms with E-state index in [1.807, 2.05) is 41.0 Å². The minimum absolute atomic E-state index is 0.0917. The van der Waals surface area contributed by atoms with Crippen molar-refractivity contribution in [1.82, 2.24) is 19.1 Å². The molecular formula is C29H36ClN5O3S. The first-order valence-electron chi connectivity index (χ1n) is 12.9. The van der Waals surface area contributed by atoms with Crippen LogP contribution in [0.25, 0.3) is 0 Å². The molecule has 0 saturated carbocycles. The molecule has 2 fully saturated rings. The molecule has 39 heavy (non-hydrogen) atoms. The summed E-state index contributed by atoms with van der Waals surface area (Å²) < 4.78 is 2.07. The number of hydrogen-bond donors (Lipinski definition) is 3. The monoisotopic (exact) mass is 569 g/mol. The Kier molecular flexibility index (Phi) is 11.1. The molecule has 3 N–H and O–H groups in total. The van der Waals surface area contributed by atoms with Gasteiger partial charge < -0.3 is 19.9 Å². The van der Waals surface area contributed by atoms with Crippen LogP contribution in [0.1, 0.15) is 42.1 Å². The van der Waals surface area contributed by atoms with E-state index < -0.39 is 5.97 Å². The molecule has 0 radical (unpaired) electrons. The second-order valence-corrected chi connectivity index (χ2v) is 11.6. The quantitative estimate of drug-likeness (QED) is 0.193. The number of carboxylic acids is 1. The lowest BCUT2D eigenvalue weighted by molar-refractivity contribution is -0.143. The Labute approximate surface area is 240 Å². The summed E-state index contributed by atoms with van der Waals surface area (Å²) in [5.74, 6) is 2.12. The topological polar surface area (TPSA) is 104 Å². The Morgan fingerprint density at radius 3 is 2.46 bits per heavy atom. The zero-order chi connectivity index (χ0) is 28.5. The molecule has 2 saturated heterocycles. The van der Waals surface area contributed by atoms with Crippen LogP contribution >= 0.6 is 23.5 Å². The number of aromatic amines is 1. The maximum absolute atomic E-state index is 12.8. The van der Waals surface area contributed by atoms with Crippen molar-refractivity contribution in [3.8, 4) is 12.3 Å². The van der Waals surface area contributed by atoms with Gasteiger partial charge in [0.25, 0.3) is 0 Å². The Morgan fingerprint density at radius 1 is 1.26 bits per heavy atom. The minimum atomic E-state index is -0.747. The number of amides is 1. The number of rotatable bonds is 7. The van der Waals surface area contributed by atoms with Crippen molar-refractivity contribution in [3.05, 3.63) is 64.3 Å². The maximum atomic E-state index is 12.8. The number of nitrogens with zero attached hydrogens (tertiary/aromatic N) is 3. The van der Waals surface area contributed by atoms with E-state index in [0.717, 1.165) is 34.0 Å². The first kappa shape index (κ1) is 30.4. The highest BCUT2D eigenvalue weighted by Gasteiger charge is 2.27. The van der Waals surface area contributed by atoms with Gasteiger partial charge in [0.05, 0.1) is 17.5 Å². The third-order valence-corrected chi connectivity index (χ3v) is 7.64. The number of allylic oxidation sites excluding steroid dienone is 1. The number of aromatic nitrogens is 1. The Morgan fingerprint density at radius 2 is 1.90 bits per heavy atom. The number of H-pyrrole nitrogens is 1. The van der Waals surface area contributed by atoms with Gasteiger partial charge in [-0.25, -0.2) is 4.31 Å². The number of piperazine rings is 1. The maximum Gasteiger partial charge on any atom is 0.306 e. The van der Waals surface area contributed by atoms with Crippen LogP contribution in [0, 0.1) is 30.6 Å². The number of hydrogen-bond acceptors (Lipinski definition) is 5. The van der Waals surface area contributed by atoms with Gasteiger partial charge in [0.15, 0.2) is 0 Å². The summed E-state index contributed by atoms with van der Waals surface area (Å²) in [4.78, 5) is 31.1. The smallest absolute Gasteiger partial charge is 0.306 e. The predicted octanol–water partition coefficient (Wildman–Crippen LogP) is 4.73. The summed E-state index contributed by atoms with van der Waals surface area (Å²) in [5, 5.41) is 19.3. The number of aliphatic carboxylic acids is 1. The number of piperidine rings is 1. The average Bonchev–Trinajstić information content (AvgIpc) is 3.24. The van der Waals surface area contributed by atoms with Gasteiger partial charge in [-0.05, 0) is 55.8 Å². The second kappa shape index (κ2) is 14.3. The highest BCUT2D eigenvalue weighted by atomic mass is 35.5. The van der Waals surface area contributed by atoms with Crippen molar-refractivity contribution in [2.24, 2.45) is 5.92 Å². The van der Waals surface area contributed by atoms with Crippen LogP contribution in [0.5, 0.6) is 0 Å². The van der Waals surface area contributed by atoms with Crippen LogP contribution in [0.3, 0.4) is 0 Å². The molecule has 8 nitrogen and oxygen atoms in total. The van der Waals surface area contributed by atoms with Crippen molar-refractivity contribution in [2.45, 2.75) is 44.7 Å². The van der Waals surface area contributed by atoms with E-state index in [4.69, 9.17) is 28.5 Å². The number of terminal acetylenes is 1. The third-order valence-electron chi connectivity index (χ3n) is 6.65. The van der Waals surface area contributed by atoms with Gasteiger partial charge in [-0.1, -0.05) is 42.4 Å². The summed E-state index contributed by atoms with van der Waals surface area (Å²) in [6.07, 6.45) is 7.13. The SMILES string of the molecule is C#CCc1[nH]c(SN2CCN(Cc3ccc(C(=N)N4CCC(C(=O)O)CC4)cc3)C(=O)C2)cc1C.C=C(C)Cl. The number of aryl methyl sites for hydroxylation is 1. The molecule has 2 aliphatic rings. The van der Waals surface area contributed by atoms with Gasteiger partial charge in [-0.15, -0.1) is 12.3 Å². The van der Waals surface area contributed by atoms with E-state index in [1.54, 1.807) is 18.9 Å². The van der Waals surface area contributed by atoms with Crippen LogP contribution in [0.2, 0.25) is 0 Å². The summed E-state index contributed by atoms with van der Waals surface area (Å²) in [7, 11) is 0. The molecule has 0 atom stereocenters.